The van der Waals surface area contributed by atoms with Crippen LogP contribution in [0.1, 0.15) is 17.2 Å². The second-order valence-corrected chi connectivity index (χ2v) is 5.91. The average molecular weight is 327 g/mol. The predicted octanol–water partition coefficient (Wildman–Crippen LogP) is 1.94. The minimum absolute atomic E-state index is 0.194. The van der Waals surface area contributed by atoms with Gasteiger partial charge in [0, 0.05) is 13.1 Å². The second kappa shape index (κ2) is 9.05. The number of amides is 1. The summed E-state index contributed by atoms with van der Waals surface area (Å²) in [6, 6.07) is 16.4. The summed E-state index contributed by atoms with van der Waals surface area (Å²) in [5.74, 6) is 0.607. The Labute approximate surface area is 143 Å². The molecule has 0 fully saturated rings. The Balaban J connectivity index is 1.86. The van der Waals surface area contributed by atoms with Crippen LogP contribution in [-0.4, -0.2) is 38.1 Å². The smallest absolute Gasteiger partial charge is 0.241 e. The van der Waals surface area contributed by atoms with E-state index in [-0.39, 0.29) is 5.91 Å². The quantitative estimate of drug-likeness (QED) is 0.777. The van der Waals surface area contributed by atoms with Crippen LogP contribution in [-0.2, 0) is 11.3 Å². The van der Waals surface area contributed by atoms with Crippen molar-refractivity contribution in [2.45, 2.75) is 12.6 Å². The van der Waals surface area contributed by atoms with Crippen LogP contribution < -0.4 is 15.8 Å². The first-order chi connectivity index (χ1) is 11.6. The van der Waals surface area contributed by atoms with Gasteiger partial charge >= 0.3 is 0 Å². The van der Waals surface area contributed by atoms with Gasteiger partial charge in [-0.2, -0.15) is 0 Å². The fourth-order valence-corrected chi connectivity index (χ4v) is 2.20. The molecule has 0 aliphatic carbocycles. The highest BCUT2D eigenvalue weighted by Gasteiger charge is 2.14. The number of benzene rings is 2. The Bertz CT molecular complexity index is 644. The number of nitrogens with zero attached hydrogens (tertiary/aromatic N) is 1. The highest BCUT2D eigenvalue weighted by molar-refractivity contribution is 5.82. The predicted molar refractivity (Wildman–Crippen MR) is 95.7 cm³/mol. The van der Waals surface area contributed by atoms with Crippen LogP contribution in [0.25, 0.3) is 0 Å². The molecule has 24 heavy (non-hydrogen) atoms. The number of nitrogens with one attached hydrogen (secondary N) is 1. The van der Waals surface area contributed by atoms with Gasteiger partial charge in [0.25, 0.3) is 0 Å². The highest BCUT2D eigenvalue weighted by Crippen LogP contribution is 2.14. The van der Waals surface area contributed by atoms with Crippen LogP contribution >= 0.6 is 0 Å². The van der Waals surface area contributed by atoms with Crippen molar-refractivity contribution < 1.29 is 9.53 Å². The summed E-state index contributed by atoms with van der Waals surface area (Å²) in [6.07, 6.45) is 0. The van der Waals surface area contributed by atoms with Crippen molar-refractivity contribution in [3.8, 4) is 5.75 Å². The molecule has 0 aliphatic heterocycles. The van der Waals surface area contributed by atoms with E-state index in [0.717, 1.165) is 23.4 Å². The van der Waals surface area contributed by atoms with Crippen LogP contribution in [0.15, 0.2) is 54.6 Å². The summed E-state index contributed by atoms with van der Waals surface area (Å²) >= 11 is 0. The molecule has 2 rings (SSSR count). The first-order valence-electron chi connectivity index (χ1n) is 8.01. The van der Waals surface area contributed by atoms with Gasteiger partial charge in [-0.15, -0.1) is 0 Å². The van der Waals surface area contributed by atoms with E-state index in [9.17, 15) is 4.79 Å². The largest absolute Gasteiger partial charge is 0.492 e. The number of likely N-dealkylation sites (N-methyl/N-ethyl adjacent to an activating group) is 1. The Kier molecular flexibility index (Phi) is 6.78. The van der Waals surface area contributed by atoms with Crippen LogP contribution in [0, 0.1) is 0 Å². The maximum atomic E-state index is 12.2. The van der Waals surface area contributed by atoms with E-state index in [4.69, 9.17) is 10.5 Å². The normalized spacial score (nSPS) is 12.0. The van der Waals surface area contributed by atoms with E-state index in [2.05, 4.69) is 10.2 Å². The van der Waals surface area contributed by atoms with Gasteiger partial charge < -0.3 is 20.7 Å². The van der Waals surface area contributed by atoms with Gasteiger partial charge in [0.2, 0.25) is 5.91 Å². The summed E-state index contributed by atoms with van der Waals surface area (Å²) < 4.78 is 5.70. The third-order valence-electron chi connectivity index (χ3n) is 3.61. The molecular formula is C19H25N3O2. The molecule has 0 heterocycles. The molecule has 0 aromatic heterocycles. The minimum Gasteiger partial charge on any atom is -0.492 e. The zero-order valence-corrected chi connectivity index (χ0v) is 14.2. The lowest BCUT2D eigenvalue weighted by Crippen LogP contribution is -2.33. The van der Waals surface area contributed by atoms with Crippen LogP contribution in [0.4, 0.5) is 0 Å². The highest BCUT2D eigenvalue weighted by atomic mass is 16.5. The van der Waals surface area contributed by atoms with Gasteiger partial charge in [-0.05, 0) is 37.4 Å². The van der Waals surface area contributed by atoms with E-state index in [1.165, 1.54) is 0 Å². The van der Waals surface area contributed by atoms with E-state index in [1.54, 1.807) is 0 Å². The topological polar surface area (TPSA) is 67.6 Å². The maximum Gasteiger partial charge on any atom is 0.241 e. The van der Waals surface area contributed by atoms with Gasteiger partial charge in [0.05, 0.1) is 0 Å². The van der Waals surface area contributed by atoms with Gasteiger partial charge in [-0.1, -0.05) is 42.5 Å². The first kappa shape index (κ1) is 18.0. The molecular weight excluding hydrogens is 302 g/mol. The SMILES string of the molecule is CN(C)CCOc1cccc(CNC(=O)C(N)c2ccccc2)c1. The van der Waals surface area contributed by atoms with E-state index in [1.807, 2.05) is 68.7 Å². The van der Waals surface area contributed by atoms with Crippen molar-refractivity contribution in [3.05, 3.63) is 65.7 Å². The van der Waals surface area contributed by atoms with Crippen molar-refractivity contribution in [1.29, 1.82) is 0 Å². The average Bonchev–Trinajstić information content (AvgIpc) is 2.60. The Morgan fingerprint density at radius 2 is 1.92 bits per heavy atom. The molecule has 0 saturated heterocycles. The lowest BCUT2D eigenvalue weighted by Gasteiger charge is -2.14. The molecule has 5 heteroatoms. The standard InChI is InChI=1S/C19H25N3O2/c1-22(2)11-12-24-17-10-6-7-15(13-17)14-21-19(23)18(20)16-8-4-3-5-9-16/h3-10,13,18H,11-12,14,20H2,1-2H3,(H,21,23). The molecule has 2 aromatic rings. The molecule has 1 amide bonds. The number of nitrogens with two attached hydrogens (primary N) is 1. The van der Waals surface area contributed by atoms with Crippen molar-refractivity contribution in [2.75, 3.05) is 27.2 Å². The lowest BCUT2D eigenvalue weighted by molar-refractivity contribution is -0.122. The Morgan fingerprint density at radius 3 is 2.62 bits per heavy atom. The van der Waals surface area contributed by atoms with Gasteiger partial charge in [0.1, 0.15) is 18.4 Å². The molecule has 2 aromatic carbocycles. The van der Waals surface area contributed by atoms with Gasteiger partial charge in [0.15, 0.2) is 0 Å². The van der Waals surface area contributed by atoms with Gasteiger partial charge in [-0.3, -0.25) is 4.79 Å². The summed E-state index contributed by atoms with van der Waals surface area (Å²) in [6.45, 7) is 1.90. The molecule has 1 atom stereocenters. The van der Waals surface area contributed by atoms with Crippen molar-refractivity contribution in [2.24, 2.45) is 5.73 Å². The minimum atomic E-state index is -0.661. The second-order valence-electron chi connectivity index (χ2n) is 5.91. The number of hydrogen-bond acceptors (Lipinski definition) is 4. The summed E-state index contributed by atoms with van der Waals surface area (Å²) in [7, 11) is 4.01. The number of hydrogen-bond donors (Lipinski definition) is 2. The van der Waals surface area contributed by atoms with Crippen molar-refractivity contribution in [1.82, 2.24) is 10.2 Å². The summed E-state index contributed by atoms with van der Waals surface area (Å²) in [5, 5.41) is 2.87. The summed E-state index contributed by atoms with van der Waals surface area (Å²) in [5.41, 5.74) is 7.76. The molecule has 0 radical (unpaired) electrons. The summed E-state index contributed by atoms with van der Waals surface area (Å²) in [4.78, 5) is 14.2. The molecule has 0 bridgehead atoms. The van der Waals surface area contributed by atoms with Crippen LogP contribution in [0.3, 0.4) is 0 Å². The zero-order valence-electron chi connectivity index (χ0n) is 14.2. The molecule has 3 N–H and O–H groups in total. The fourth-order valence-electron chi connectivity index (χ4n) is 2.20. The monoisotopic (exact) mass is 327 g/mol. The van der Waals surface area contributed by atoms with E-state index < -0.39 is 6.04 Å². The Hall–Kier alpha value is -2.37. The van der Waals surface area contributed by atoms with Crippen molar-refractivity contribution in [3.63, 3.8) is 0 Å². The third kappa shape index (κ3) is 5.68. The molecule has 0 saturated carbocycles. The maximum absolute atomic E-state index is 12.2. The zero-order chi connectivity index (χ0) is 17.4. The first-order valence-corrected chi connectivity index (χ1v) is 8.01. The van der Waals surface area contributed by atoms with Crippen LogP contribution in [0.2, 0.25) is 0 Å². The number of ether oxygens (including phenoxy) is 1. The molecule has 1 unspecified atom stereocenters. The molecule has 0 spiro atoms. The molecule has 128 valence electrons. The van der Waals surface area contributed by atoms with Crippen molar-refractivity contribution >= 4 is 5.91 Å². The van der Waals surface area contributed by atoms with Gasteiger partial charge in [-0.25, -0.2) is 0 Å². The number of rotatable bonds is 8. The molecule has 5 nitrogen and oxygen atoms in total. The van der Waals surface area contributed by atoms with Crippen LogP contribution in [0.5, 0.6) is 5.75 Å². The third-order valence-corrected chi connectivity index (χ3v) is 3.61. The molecule has 0 aliphatic rings. The number of carbonyl (C=O) groups is 1. The van der Waals surface area contributed by atoms with E-state index in [0.29, 0.717) is 13.2 Å². The lowest BCUT2D eigenvalue weighted by atomic mass is 10.1. The Morgan fingerprint density at radius 1 is 1.17 bits per heavy atom. The number of carbonyl (C=O) groups excluding carboxylic acids is 1. The fraction of sp³-hybridized carbons (Fsp3) is 0.316. The van der Waals surface area contributed by atoms with E-state index >= 15 is 0 Å².